The van der Waals surface area contributed by atoms with E-state index in [4.69, 9.17) is 14.2 Å². The molecule has 0 aliphatic carbocycles. The molecule has 326 valence electrons. The molecule has 0 aromatic rings. The molecule has 8 nitrogen and oxygen atoms in total. The molecular weight excluding hydrogens is 703 g/mol. The molecule has 0 heterocycles. The minimum Gasteiger partial charge on any atom is -0.544 e. The van der Waals surface area contributed by atoms with Crippen LogP contribution in [0, 0.1) is 0 Å². The van der Waals surface area contributed by atoms with Crippen LogP contribution in [0.25, 0.3) is 0 Å². The Kier molecular flexibility index (Phi) is 37.7. The van der Waals surface area contributed by atoms with Crippen LogP contribution in [0.15, 0.2) is 36.5 Å². The van der Waals surface area contributed by atoms with Crippen LogP contribution in [-0.2, 0) is 28.6 Å². The van der Waals surface area contributed by atoms with Gasteiger partial charge in [-0.2, -0.15) is 0 Å². The number of nitrogens with zero attached hydrogens (tertiary/aromatic N) is 1. The summed E-state index contributed by atoms with van der Waals surface area (Å²) in [5, 5.41) is 11.6. The Morgan fingerprint density at radius 3 is 1.41 bits per heavy atom. The van der Waals surface area contributed by atoms with Gasteiger partial charge < -0.3 is 28.6 Å². The van der Waals surface area contributed by atoms with E-state index in [0.717, 1.165) is 64.2 Å². The number of likely N-dealkylation sites (N-methyl/N-ethyl adjacent to an activating group) is 1. The van der Waals surface area contributed by atoms with E-state index in [-0.39, 0.29) is 49.1 Å². The Balaban J connectivity index is 4.38. The first-order valence-electron chi connectivity index (χ1n) is 23.0. The molecule has 2 atom stereocenters. The molecule has 0 rings (SSSR count). The first-order chi connectivity index (χ1) is 27.1. The van der Waals surface area contributed by atoms with Crippen molar-refractivity contribution in [2.24, 2.45) is 0 Å². The van der Waals surface area contributed by atoms with Gasteiger partial charge in [0, 0.05) is 19.3 Å². The lowest BCUT2D eigenvalue weighted by atomic mass is 10.1. The predicted octanol–water partition coefficient (Wildman–Crippen LogP) is 11.3. The molecule has 0 aromatic carbocycles. The van der Waals surface area contributed by atoms with Crippen molar-refractivity contribution in [3.8, 4) is 0 Å². The highest BCUT2D eigenvalue weighted by Crippen LogP contribution is 2.13. The fourth-order valence-corrected chi connectivity index (χ4v) is 6.64. The summed E-state index contributed by atoms with van der Waals surface area (Å²) in [6, 6.07) is -0.731. The molecule has 2 unspecified atom stereocenters. The zero-order valence-corrected chi connectivity index (χ0v) is 37.1. The van der Waals surface area contributed by atoms with Crippen LogP contribution in [0.1, 0.15) is 200 Å². The van der Waals surface area contributed by atoms with Crippen molar-refractivity contribution in [3.63, 3.8) is 0 Å². The normalized spacial score (nSPS) is 13.2. The largest absolute Gasteiger partial charge is 0.544 e. The number of hydrogen-bond acceptors (Lipinski definition) is 7. The summed E-state index contributed by atoms with van der Waals surface area (Å²) in [6.07, 6.45) is 44.5. The van der Waals surface area contributed by atoms with Crippen LogP contribution in [0.3, 0.4) is 0 Å². The van der Waals surface area contributed by atoms with Crippen molar-refractivity contribution in [1.29, 1.82) is 0 Å². The van der Waals surface area contributed by atoms with Crippen LogP contribution in [-0.4, -0.2) is 75.5 Å². The number of allylic oxidation sites excluding steroid dienone is 6. The number of hydrogen-bond donors (Lipinski definition) is 0. The third kappa shape index (κ3) is 37.1. The lowest BCUT2D eigenvalue weighted by Crippen LogP contribution is -2.55. The smallest absolute Gasteiger partial charge is 0.306 e. The highest BCUT2D eigenvalue weighted by Gasteiger charge is 2.25. The van der Waals surface area contributed by atoms with E-state index in [9.17, 15) is 19.5 Å². The Bertz CT molecular complexity index is 1020. The second kappa shape index (κ2) is 39.4. The summed E-state index contributed by atoms with van der Waals surface area (Å²) in [5.74, 6) is -1.78. The number of aliphatic carboxylic acids is 1. The second-order valence-electron chi connectivity index (χ2n) is 16.7. The Labute approximate surface area is 344 Å². The number of carboxylic acid groups (broad SMARTS) is 1. The molecule has 0 N–H and O–H groups in total. The molecule has 0 radical (unpaired) electrons. The van der Waals surface area contributed by atoms with Crippen LogP contribution in [0.2, 0.25) is 0 Å². The van der Waals surface area contributed by atoms with E-state index in [0.29, 0.717) is 6.42 Å². The van der Waals surface area contributed by atoms with Crippen molar-refractivity contribution in [2.75, 3.05) is 41.0 Å². The van der Waals surface area contributed by atoms with Gasteiger partial charge in [0.25, 0.3) is 0 Å². The summed E-state index contributed by atoms with van der Waals surface area (Å²) in [6.45, 7) is 4.62. The van der Waals surface area contributed by atoms with E-state index in [2.05, 4.69) is 50.3 Å². The average molecular weight is 790 g/mol. The van der Waals surface area contributed by atoms with Gasteiger partial charge in [-0.1, -0.05) is 153 Å². The number of esters is 2. The third-order valence-electron chi connectivity index (χ3n) is 10.3. The maximum Gasteiger partial charge on any atom is 0.306 e. The summed E-state index contributed by atoms with van der Waals surface area (Å²) in [7, 11) is 5.40. The monoisotopic (exact) mass is 790 g/mol. The summed E-state index contributed by atoms with van der Waals surface area (Å²) < 4.78 is 17.1. The Morgan fingerprint density at radius 2 is 0.946 bits per heavy atom. The molecule has 8 heteroatoms. The third-order valence-corrected chi connectivity index (χ3v) is 10.3. The van der Waals surface area contributed by atoms with Crippen LogP contribution in [0.4, 0.5) is 0 Å². The molecule has 0 saturated heterocycles. The molecule has 0 aliphatic rings. The van der Waals surface area contributed by atoms with Gasteiger partial charge in [-0.15, -0.1) is 0 Å². The molecular formula is C48H87NO7. The summed E-state index contributed by atoms with van der Waals surface area (Å²) in [5.41, 5.74) is 0. The Morgan fingerprint density at radius 1 is 0.536 bits per heavy atom. The molecule has 56 heavy (non-hydrogen) atoms. The predicted molar refractivity (Wildman–Crippen MR) is 231 cm³/mol. The van der Waals surface area contributed by atoms with Crippen LogP contribution < -0.4 is 5.11 Å². The zero-order chi connectivity index (χ0) is 41.4. The lowest BCUT2D eigenvalue weighted by Gasteiger charge is -2.34. The van der Waals surface area contributed by atoms with Gasteiger partial charge in [0.1, 0.15) is 12.6 Å². The quantitative estimate of drug-likeness (QED) is 0.0200. The highest BCUT2D eigenvalue weighted by atomic mass is 16.6. The van der Waals surface area contributed by atoms with E-state index in [1.165, 1.54) is 103 Å². The summed E-state index contributed by atoms with van der Waals surface area (Å²) in [4.78, 5) is 36.9. The van der Waals surface area contributed by atoms with Gasteiger partial charge >= 0.3 is 11.9 Å². The van der Waals surface area contributed by atoms with Crippen LogP contribution in [0.5, 0.6) is 0 Å². The number of quaternary nitrogens is 1. The summed E-state index contributed by atoms with van der Waals surface area (Å²) >= 11 is 0. The number of rotatable bonds is 41. The van der Waals surface area contributed by atoms with Crippen molar-refractivity contribution in [3.05, 3.63) is 36.5 Å². The molecule has 0 aromatic heterocycles. The van der Waals surface area contributed by atoms with Gasteiger partial charge in [-0.25, -0.2) is 0 Å². The number of ether oxygens (including phenoxy) is 3. The average Bonchev–Trinajstić information content (AvgIpc) is 3.15. The van der Waals surface area contributed by atoms with E-state index < -0.39 is 18.1 Å². The van der Waals surface area contributed by atoms with Gasteiger partial charge in [0.2, 0.25) is 0 Å². The van der Waals surface area contributed by atoms with E-state index in [1.54, 1.807) is 21.1 Å². The maximum atomic E-state index is 12.7. The standard InChI is InChI=1S/C48H87NO7/c1-6-8-10-12-14-16-18-20-22-24-26-28-30-32-34-36-38-46(50)55-43-44(42-54-41-40-45(48(52)53)49(3,4)5)56-47(51)39-37-35-33-31-29-27-25-23-21-19-17-15-13-11-9-7-2/h22-25,27,29,44-45H,6-21,26,28,30-43H2,1-5H3/b24-22+,25-23+,29-27+. The second-order valence-corrected chi connectivity index (χ2v) is 16.7. The van der Waals surface area contributed by atoms with Crippen molar-refractivity contribution >= 4 is 17.9 Å². The molecule has 0 fully saturated rings. The number of carboxylic acids is 1. The number of carbonyl (C=O) groups is 3. The zero-order valence-electron chi connectivity index (χ0n) is 37.1. The molecule has 0 spiro atoms. The maximum absolute atomic E-state index is 12.7. The fraction of sp³-hybridized carbons (Fsp3) is 0.812. The first-order valence-corrected chi connectivity index (χ1v) is 23.0. The fourth-order valence-electron chi connectivity index (χ4n) is 6.64. The van der Waals surface area contributed by atoms with Crippen molar-refractivity contribution < 1.29 is 38.2 Å². The molecule has 0 aliphatic heterocycles. The SMILES string of the molecule is CCCCCCCCC/C=C/C=C/CCCCCC(=O)OC(COCCC(C(=O)[O-])[N+](C)(C)C)COC(=O)CCCCCCC/C=C/CCCCCCCCC. The van der Waals surface area contributed by atoms with E-state index >= 15 is 0 Å². The number of carbonyl (C=O) groups excluding carboxylic acids is 3. The van der Waals surface area contributed by atoms with Gasteiger partial charge in [0.15, 0.2) is 6.10 Å². The van der Waals surface area contributed by atoms with E-state index in [1.807, 2.05) is 0 Å². The van der Waals surface area contributed by atoms with Gasteiger partial charge in [-0.05, 0) is 64.2 Å². The topological polar surface area (TPSA) is 102 Å². The molecule has 0 bridgehead atoms. The number of unbranched alkanes of at least 4 members (excludes halogenated alkanes) is 22. The van der Waals surface area contributed by atoms with Crippen LogP contribution >= 0.6 is 0 Å². The first kappa shape index (κ1) is 53.6. The minimum atomic E-state index is -1.13. The van der Waals surface area contributed by atoms with Crippen molar-refractivity contribution in [1.82, 2.24) is 0 Å². The highest BCUT2D eigenvalue weighted by molar-refractivity contribution is 5.70. The minimum absolute atomic E-state index is 0.0285. The van der Waals surface area contributed by atoms with Crippen molar-refractivity contribution in [2.45, 2.75) is 212 Å². The Hall–Kier alpha value is -2.45. The molecule has 0 saturated carbocycles. The molecule has 0 amide bonds. The van der Waals surface area contributed by atoms with Gasteiger partial charge in [-0.3, -0.25) is 9.59 Å². The lowest BCUT2D eigenvalue weighted by molar-refractivity contribution is -0.889. The van der Waals surface area contributed by atoms with Gasteiger partial charge in [0.05, 0.1) is 40.3 Å².